The van der Waals surface area contributed by atoms with Gasteiger partial charge >= 0.3 is 5.97 Å². The summed E-state index contributed by atoms with van der Waals surface area (Å²) in [5.74, 6) is -0.229. The first-order valence-corrected chi connectivity index (χ1v) is 10.7. The third-order valence-electron chi connectivity index (χ3n) is 4.77. The van der Waals surface area contributed by atoms with Crippen molar-refractivity contribution in [1.82, 2.24) is 0 Å². The van der Waals surface area contributed by atoms with Crippen molar-refractivity contribution in [3.05, 3.63) is 35.9 Å². The highest BCUT2D eigenvalue weighted by Gasteiger charge is 2.44. The smallest absolute Gasteiger partial charge is 0.314 e. The number of rotatable bonds is 8. The lowest BCUT2D eigenvalue weighted by atomic mass is 9.83. The number of ether oxygens (including phenoxy) is 1. The first-order valence-electron chi connectivity index (χ1n) is 8.18. The molecular weight excluding hydrogens is 292 g/mol. The third-order valence-corrected chi connectivity index (χ3v) is 9.37. The summed E-state index contributed by atoms with van der Waals surface area (Å²) in [7, 11) is -0.399. The summed E-state index contributed by atoms with van der Waals surface area (Å²) in [6, 6.07) is 13.2. The molecule has 22 heavy (non-hydrogen) atoms. The fourth-order valence-electron chi connectivity index (χ4n) is 2.88. The normalized spacial score (nSPS) is 13.7. The van der Waals surface area contributed by atoms with Crippen LogP contribution in [0.1, 0.15) is 46.3 Å². The van der Waals surface area contributed by atoms with Gasteiger partial charge in [0.1, 0.15) is 0 Å². The largest absolute Gasteiger partial charge is 0.469 e. The number of methoxy groups -OCH3 is 1. The number of hydrogen-bond donors (Lipinski definition) is 0. The molecule has 0 aromatic heterocycles. The average Bonchev–Trinajstić information content (AvgIpc) is 2.56. The molecule has 1 atom stereocenters. The predicted octanol–water partition coefficient (Wildman–Crippen LogP) is 4.95. The highest BCUT2D eigenvalue weighted by molar-refractivity contribution is 6.73. The van der Waals surface area contributed by atoms with Crippen molar-refractivity contribution < 1.29 is 14.0 Å². The molecular formula is C18H30O3Si. The molecule has 0 aliphatic carbocycles. The predicted molar refractivity (Wildman–Crippen MR) is 93.3 cm³/mol. The van der Waals surface area contributed by atoms with Gasteiger partial charge in [0.2, 0.25) is 0 Å². The standard InChI is InChI=1S/C18H30O3Si/c1-7-22(8-2,9-3)21-16(15-13-11-10-12-14-15)18(4,5)17(19)20-6/h10-14,16H,7-9H2,1-6H3. The van der Waals surface area contributed by atoms with E-state index < -0.39 is 13.7 Å². The van der Waals surface area contributed by atoms with Crippen LogP contribution in [0.3, 0.4) is 0 Å². The van der Waals surface area contributed by atoms with Crippen LogP contribution >= 0.6 is 0 Å². The van der Waals surface area contributed by atoms with E-state index in [1.165, 1.54) is 7.11 Å². The Morgan fingerprint density at radius 3 is 2.00 bits per heavy atom. The number of carbonyl (C=O) groups excluding carboxylic acids is 1. The molecule has 1 rings (SSSR count). The van der Waals surface area contributed by atoms with Crippen molar-refractivity contribution >= 4 is 14.3 Å². The van der Waals surface area contributed by atoms with Crippen molar-refractivity contribution in [1.29, 1.82) is 0 Å². The van der Waals surface area contributed by atoms with Gasteiger partial charge in [0.15, 0.2) is 8.32 Å². The summed E-state index contributed by atoms with van der Waals surface area (Å²) in [6.07, 6.45) is -0.271. The van der Waals surface area contributed by atoms with Crippen molar-refractivity contribution in [3.8, 4) is 0 Å². The molecule has 0 saturated carbocycles. The molecule has 0 N–H and O–H groups in total. The molecule has 3 nitrogen and oxygen atoms in total. The minimum atomic E-state index is -1.84. The summed E-state index contributed by atoms with van der Waals surface area (Å²) in [5, 5.41) is 0. The molecule has 0 saturated heterocycles. The van der Waals surface area contributed by atoms with E-state index in [1.807, 2.05) is 44.2 Å². The highest BCUT2D eigenvalue weighted by Crippen LogP contribution is 2.41. The maximum absolute atomic E-state index is 12.3. The SMILES string of the molecule is CC[Si](CC)(CC)OC(c1ccccc1)C(C)(C)C(=O)OC. The van der Waals surface area contributed by atoms with Gasteiger partial charge in [-0.05, 0) is 37.5 Å². The van der Waals surface area contributed by atoms with Crippen LogP contribution in [0.2, 0.25) is 18.1 Å². The summed E-state index contributed by atoms with van der Waals surface area (Å²) >= 11 is 0. The number of esters is 1. The number of benzene rings is 1. The van der Waals surface area contributed by atoms with Gasteiger partial charge in [-0.1, -0.05) is 51.1 Å². The summed E-state index contributed by atoms with van der Waals surface area (Å²) < 4.78 is 11.7. The van der Waals surface area contributed by atoms with E-state index in [0.29, 0.717) is 0 Å². The van der Waals surface area contributed by atoms with E-state index in [1.54, 1.807) is 0 Å². The number of carbonyl (C=O) groups is 1. The summed E-state index contributed by atoms with van der Waals surface area (Å²) in [5.41, 5.74) is 0.332. The van der Waals surface area contributed by atoms with Crippen LogP contribution < -0.4 is 0 Å². The molecule has 1 unspecified atom stereocenters. The zero-order valence-corrected chi connectivity index (χ0v) is 15.8. The lowest BCUT2D eigenvalue weighted by Crippen LogP contribution is -2.43. The van der Waals surface area contributed by atoms with E-state index in [-0.39, 0.29) is 12.1 Å². The number of hydrogen-bond acceptors (Lipinski definition) is 3. The Morgan fingerprint density at radius 2 is 1.59 bits per heavy atom. The fraction of sp³-hybridized carbons (Fsp3) is 0.611. The lowest BCUT2D eigenvalue weighted by molar-refractivity contribution is -0.156. The van der Waals surface area contributed by atoms with Crippen LogP contribution in [0.15, 0.2) is 30.3 Å². The Kier molecular flexibility index (Phi) is 6.82. The maximum Gasteiger partial charge on any atom is 0.314 e. The zero-order valence-electron chi connectivity index (χ0n) is 14.8. The summed E-state index contributed by atoms with van der Waals surface area (Å²) in [4.78, 5) is 12.3. The first kappa shape index (κ1) is 18.9. The van der Waals surface area contributed by atoms with Gasteiger partial charge in [0, 0.05) is 0 Å². The Balaban J connectivity index is 3.26. The summed E-state index contributed by atoms with van der Waals surface area (Å²) in [6.45, 7) is 10.4. The van der Waals surface area contributed by atoms with Crippen LogP contribution in [0.5, 0.6) is 0 Å². The van der Waals surface area contributed by atoms with E-state index in [9.17, 15) is 4.79 Å². The van der Waals surface area contributed by atoms with E-state index in [2.05, 4.69) is 20.8 Å². The molecule has 0 bridgehead atoms. The molecule has 0 fully saturated rings. The third kappa shape index (κ3) is 3.99. The second kappa shape index (κ2) is 7.93. The van der Waals surface area contributed by atoms with Crippen molar-refractivity contribution in [2.75, 3.05) is 7.11 Å². The average molecular weight is 323 g/mol. The maximum atomic E-state index is 12.3. The molecule has 124 valence electrons. The molecule has 0 radical (unpaired) electrons. The molecule has 0 spiro atoms. The van der Waals surface area contributed by atoms with Gasteiger partial charge in [-0.25, -0.2) is 0 Å². The van der Waals surface area contributed by atoms with Gasteiger partial charge in [0.05, 0.1) is 18.6 Å². The van der Waals surface area contributed by atoms with Crippen LogP contribution in [0, 0.1) is 5.41 Å². The Morgan fingerprint density at radius 1 is 1.09 bits per heavy atom. The van der Waals surface area contributed by atoms with E-state index in [4.69, 9.17) is 9.16 Å². The van der Waals surface area contributed by atoms with Crippen molar-refractivity contribution in [3.63, 3.8) is 0 Å². The van der Waals surface area contributed by atoms with Crippen LogP contribution in [0.25, 0.3) is 0 Å². The Hall–Kier alpha value is -1.13. The second-order valence-corrected chi connectivity index (χ2v) is 11.1. The van der Waals surface area contributed by atoms with Crippen molar-refractivity contribution in [2.24, 2.45) is 5.41 Å². The van der Waals surface area contributed by atoms with Crippen molar-refractivity contribution in [2.45, 2.75) is 58.9 Å². The minimum absolute atomic E-state index is 0.229. The molecule has 1 aromatic rings. The molecule has 1 aromatic carbocycles. The van der Waals surface area contributed by atoms with Gasteiger partial charge in [-0.2, -0.15) is 0 Å². The van der Waals surface area contributed by atoms with Gasteiger partial charge in [-0.15, -0.1) is 0 Å². The van der Waals surface area contributed by atoms with Crippen LogP contribution in [-0.4, -0.2) is 21.4 Å². The Bertz CT molecular complexity index is 458. The lowest BCUT2D eigenvalue weighted by Gasteiger charge is -2.40. The first-order chi connectivity index (χ1) is 10.4. The topological polar surface area (TPSA) is 35.5 Å². The monoisotopic (exact) mass is 322 g/mol. The van der Waals surface area contributed by atoms with E-state index in [0.717, 1.165) is 23.7 Å². The molecule has 0 aliphatic heterocycles. The van der Waals surface area contributed by atoms with Gasteiger partial charge in [-0.3, -0.25) is 4.79 Å². The zero-order chi connectivity index (χ0) is 16.8. The second-order valence-electron chi connectivity index (χ2n) is 6.37. The van der Waals surface area contributed by atoms with E-state index >= 15 is 0 Å². The minimum Gasteiger partial charge on any atom is -0.469 e. The van der Waals surface area contributed by atoms with Crippen LogP contribution in [0.4, 0.5) is 0 Å². The molecule has 0 heterocycles. The molecule has 4 heteroatoms. The van der Waals surface area contributed by atoms with Gasteiger partial charge in [0.25, 0.3) is 0 Å². The molecule has 0 aliphatic rings. The van der Waals surface area contributed by atoms with Gasteiger partial charge < -0.3 is 9.16 Å². The van der Waals surface area contributed by atoms with Crippen LogP contribution in [-0.2, 0) is 14.0 Å². The fourth-order valence-corrected chi connectivity index (χ4v) is 5.81. The quantitative estimate of drug-likeness (QED) is 0.502. The highest BCUT2D eigenvalue weighted by atomic mass is 28.4. The Labute approximate surface area is 136 Å². The molecule has 0 amide bonds.